The predicted octanol–water partition coefficient (Wildman–Crippen LogP) is 6.38. The molecule has 1 atom stereocenters. The Kier molecular flexibility index (Phi) is 8.48. The summed E-state index contributed by atoms with van der Waals surface area (Å²) in [4.78, 5) is 23.7. The molecule has 164 valence electrons. The van der Waals surface area contributed by atoms with Gasteiger partial charge in [0.2, 0.25) is 0 Å². The number of alkyl carbamates (subject to hydrolysis) is 1. The fraction of sp³-hybridized carbons (Fsp3) is 0.625. The molecule has 29 heavy (non-hydrogen) atoms. The monoisotopic (exact) mass is 405 g/mol. The molecule has 1 unspecified atom stereocenters. The maximum Gasteiger partial charge on any atom is 0.408 e. The van der Waals surface area contributed by atoms with Crippen LogP contribution in [-0.4, -0.2) is 23.4 Å². The Morgan fingerprint density at radius 1 is 1.10 bits per heavy atom. The summed E-state index contributed by atoms with van der Waals surface area (Å²) in [7, 11) is 0. The third kappa shape index (κ3) is 8.58. The molecule has 5 heteroatoms. The lowest BCUT2D eigenvalue weighted by Crippen LogP contribution is -2.43. The lowest BCUT2D eigenvalue weighted by molar-refractivity contribution is -0.403. The lowest BCUT2D eigenvalue weighted by atomic mass is 9.92. The van der Waals surface area contributed by atoms with E-state index in [1.165, 1.54) is 0 Å². The molecule has 0 fully saturated rings. The maximum atomic E-state index is 12.5. The first-order valence-corrected chi connectivity index (χ1v) is 10.3. The largest absolute Gasteiger partial charge is 0.446 e. The molecule has 0 radical (unpaired) electrons. The molecule has 0 aliphatic rings. The van der Waals surface area contributed by atoms with Gasteiger partial charge in [0, 0.05) is 6.42 Å². The first-order chi connectivity index (χ1) is 13.2. The lowest BCUT2D eigenvalue weighted by Gasteiger charge is -2.32. The van der Waals surface area contributed by atoms with Crippen LogP contribution in [0.4, 0.5) is 4.79 Å². The van der Waals surface area contributed by atoms with E-state index in [4.69, 9.17) is 14.5 Å². The average molecular weight is 406 g/mol. The zero-order valence-electron chi connectivity index (χ0n) is 19.6. The highest BCUT2D eigenvalue weighted by atomic mass is 17.2. The normalized spacial score (nSPS) is 13.7. The third-order valence-corrected chi connectivity index (χ3v) is 4.92. The van der Waals surface area contributed by atoms with E-state index in [1.807, 2.05) is 86.6 Å². The quantitative estimate of drug-likeness (QED) is 0.363. The van der Waals surface area contributed by atoms with E-state index in [0.29, 0.717) is 6.42 Å². The maximum absolute atomic E-state index is 12.5. The second kappa shape index (κ2) is 9.77. The van der Waals surface area contributed by atoms with Crippen LogP contribution >= 0.6 is 0 Å². The Balaban J connectivity index is 2.66. The van der Waals surface area contributed by atoms with Crippen LogP contribution in [-0.2, 0) is 20.1 Å². The first kappa shape index (κ1) is 25.2. The number of carbonyl (C=O) groups excluding carboxylic acids is 1. The number of ether oxygens (including phenoxy) is 1. The molecule has 0 aromatic heterocycles. The summed E-state index contributed by atoms with van der Waals surface area (Å²) in [6.45, 7) is 21.5. The molecule has 1 rings (SSSR count). The van der Waals surface area contributed by atoms with E-state index in [0.717, 1.165) is 23.1 Å². The minimum Gasteiger partial charge on any atom is -0.446 e. The molecule has 0 spiro atoms. The van der Waals surface area contributed by atoms with Crippen LogP contribution in [0.15, 0.2) is 30.8 Å². The Bertz CT molecular complexity index is 707. The van der Waals surface area contributed by atoms with Gasteiger partial charge in [-0.1, -0.05) is 37.3 Å². The van der Waals surface area contributed by atoms with Crippen LogP contribution in [0.3, 0.4) is 0 Å². The van der Waals surface area contributed by atoms with Crippen LogP contribution in [0.1, 0.15) is 86.3 Å². The van der Waals surface area contributed by atoms with Crippen molar-refractivity contribution in [2.45, 2.75) is 98.0 Å². The van der Waals surface area contributed by atoms with Gasteiger partial charge < -0.3 is 10.1 Å². The summed E-state index contributed by atoms with van der Waals surface area (Å²) < 4.78 is 5.58. The summed E-state index contributed by atoms with van der Waals surface area (Å²) >= 11 is 0. The standard InChI is InChI=1S/C24H39NO4/c1-11-22(5,6)28-29-23(7,8)16-18(4)27-21(26)25-24(9,10)20-14-12-13-19(15-20)17(2)3/h12-15,18H,2,11,16H2,1,3-10H3,(H,25,26). The van der Waals surface area contributed by atoms with Gasteiger partial charge in [0.15, 0.2) is 0 Å². The van der Waals surface area contributed by atoms with Crippen LogP contribution in [0.25, 0.3) is 5.57 Å². The van der Waals surface area contributed by atoms with Crippen LogP contribution < -0.4 is 5.32 Å². The molecule has 0 heterocycles. The number of amides is 1. The average Bonchev–Trinajstić information content (AvgIpc) is 2.59. The van der Waals surface area contributed by atoms with Crippen molar-refractivity contribution in [1.29, 1.82) is 0 Å². The van der Waals surface area contributed by atoms with Crippen molar-refractivity contribution >= 4 is 11.7 Å². The Morgan fingerprint density at radius 3 is 2.24 bits per heavy atom. The Labute approximate surface area is 176 Å². The van der Waals surface area contributed by atoms with Gasteiger partial charge in [0.25, 0.3) is 0 Å². The van der Waals surface area contributed by atoms with Gasteiger partial charge in [-0.3, -0.25) is 0 Å². The van der Waals surface area contributed by atoms with Crippen molar-refractivity contribution in [3.63, 3.8) is 0 Å². The number of hydrogen-bond donors (Lipinski definition) is 1. The van der Waals surface area contributed by atoms with E-state index >= 15 is 0 Å². The van der Waals surface area contributed by atoms with Gasteiger partial charge in [0.05, 0.1) is 11.1 Å². The summed E-state index contributed by atoms with van der Waals surface area (Å²) in [5.74, 6) is 0. The predicted molar refractivity (Wildman–Crippen MR) is 118 cm³/mol. The summed E-state index contributed by atoms with van der Waals surface area (Å²) in [5, 5.41) is 2.96. The van der Waals surface area contributed by atoms with E-state index in [9.17, 15) is 4.79 Å². The molecule has 0 saturated heterocycles. The summed E-state index contributed by atoms with van der Waals surface area (Å²) in [6.07, 6.45) is 0.537. The van der Waals surface area contributed by atoms with E-state index in [1.54, 1.807) is 0 Å². The Morgan fingerprint density at radius 2 is 1.69 bits per heavy atom. The third-order valence-electron chi connectivity index (χ3n) is 4.92. The van der Waals surface area contributed by atoms with Gasteiger partial charge >= 0.3 is 6.09 Å². The minimum atomic E-state index is -0.586. The molecular formula is C24H39NO4. The van der Waals surface area contributed by atoms with E-state index in [-0.39, 0.29) is 11.7 Å². The summed E-state index contributed by atoms with van der Waals surface area (Å²) in [6, 6.07) is 8.00. The SMILES string of the molecule is C=C(C)c1cccc(C(C)(C)NC(=O)OC(C)CC(C)(C)OOC(C)(C)CC)c1. The van der Waals surface area contributed by atoms with Crippen molar-refractivity contribution in [2.75, 3.05) is 0 Å². The van der Waals surface area contributed by atoms with Crippen LogP contribution in [0, 0.1) is 0 Å². The zero-order valence-corrected chi connectivity index (χ0v) is 19.6. The second-order valence-electron chi connectivity index (χ2n) is 9.57. The number of hydrogen-bond acceptors (Lipinski definition) is 4. The van der Waals surface area contributed by atoms with E-state index in [2.05, 4.69) is 11.9 Å². The van der Waals surface area contributed by atoms with Gasteiger partial charge in [0.1, 0.15) is 11.7 Å². The minimum absolute atomic E-state index is 0.337. The molecule has 1 amide bonds. The molecule has 1 aromatic carbocycles. The second-order valence-corrected chi connectivity index (χ2v) is 9.57. The molecule has 0 saturated carbocycles. The van der Waals surface area contributed by atoms with Crippen molar-refractivity contribution in [3.8, 4) is 0 Å². The molecule has 1 aromatic rings. The highest BCUT2D eigenvalue weighted by molar-refractivity contribution is 5.69. The Hall–Kier alpha value is -1.85. The van der Waals surface area contributed by atoms with Crippen molar-refractivity contribution in [3.05, 3.63) is 42.0 Å². The topological polar surface area (TPSA) is 56.8 Å². The molecule has 1 N–H and O–H groups in total. The van der Waals surface area contributed by atoms with Crippen molar-refractivity contribution in [1.82, 2.24) is 5.32 Å². The number of nitrogens with one attached hydrogen (secondary N) is 1. The number of carbonyl (C=O) groups is 1. The van der Waals surface area contributed by atoms with Crippen LogP contribution in [0.2, 0.25) is 0 Å². The number of rotatable bonds is 10. The fourth-order valence-electron chi connectivity index (χ4n) is 2.77. The fourth-order valence-corrected chi connectivity index (χ4v) is 2.77. The first-order valence-electron chi connectivity index (χ1n) is 10.3. The highest BCUT2D eigenvalue weighted by Gasteiger charge is 2.30. The number of benzene rings is 1. The summed E-state index contributed by atoms with van der Waals surface area (Å²) in [5.41, 5.74) is 1.49. The van der Waals surface area contributed by atoms with Gasteiger partial charge in [-0.05, 0) is 79.0 Å². The van der Waals surface area contributed by atoms with Crippen LogP contribution in [0.5, 0.6) is 0 Å². The molecule has 0 bridgehead atoms. The highest BCUT2D eigenvalue weighted by Crippen LogP contribution is 2.26. The molecular weight excluding hydrogens is 366 g/mol. The van der Waals surface area contributed by atoms with E-state index < -0.39 is 17.2 Å². The van der Waals surface area contributed by atoms with Crippen molar-refractivity contribution in [2.24, 2.45) is 0 Å². The van der Waals surface area contributed by atoms with Crippen molar-refractivity contribution < 1.29 is 19.3 Å². The molecule has 0 aliphatic heterocycles. The molecule has 5 nitrogen and oxygen atoms in total. The van der Waals surface area contributed by atoms with Gasteiger partial charge in [-0.25, -0.2) is 14.6 Å². The van der Waals surface area contributed by atoms with Gasteiger partial charge in [-0.15, -0.1) is 0 Å². The smallest absolute Gasteiger partial charge is 0.408 e. The number of allylic oxidation sites excluding steroid dienone is 1. The molecule has 0 aliphatic carbocycles. The van der Waals surface area contributed by atoms with Gasteiger partial charge in [-0.2, -0.15) is 0 Å². The zero-order chi connectivity index (χ0) is 22.5.